The molecule has 7 nitrogen and oxygen atoms in total. The van der Waals surface area contributed by atoms with E-state index in [-0.39, 0.29) is 11.9 Å². The lowest BCUT2D eigenvalue weighted by molar-refractivity contribution is -0.121. The molecule has 2 N–H and O–H groups in total. The maximum absolute atomic E-state index is 12.3. The van der Waals surface area contributed by atoms with Crippen molar-refractivity contribution in [2.75, 3.05) is 18.0 Å². The lowest BCUT2D eigenvalue weighted by atomic mass is 10.1. The van der Waals surface area contributed by atoms with Crippen LogP contribution in [0.2, 0.25) is 0 Å². The monoisotopic (exact) mass is 350 g/mol. The van der Waals surface area contributed by atoms with E-state index < -0.39 is 0 Å². The third-order valence-corrected chi connectivity index (χ3v) is 4.69. The topological polar surface area (TPSA) is 86.8 Å². The van der Waals surface area contributed by atoms with Gasteiger partial charge in [-0.2, -0.15) is 0 Å². The fourth-order valence-electron chi connectivity index (χ4n) is 3.41. The lowest BCUT2D eigenvalue weighted by Crippen LogP contribution is -2.48. The van der Waals surface area contributed by atoms with Crippen molar-refractivity contribution in [2.45, 2.75) is 31.7 Å². The Morgan fingerprint density at radius 1 is 1.31 bits per heavy atom. The molecule has 1 aromatic carbocycles. The average Bonchev–Trinajstić information content (AvgIpc) is 3.10. The molecule has 1 aliphatic rings. The summed E-state index contributed by atoms with van der Waals surface area (Å²) in [6, 6.07) is 8.05. The normalized spacial score (nSPS) is 17.4. The SMILES string of the molecule is O=C(CCc1nc2ccccc2[nH]1)NC1CCCN(c2cnccn2)C1. The number of fused-ring (bicyclic) bond motifs is 1. The minimum atomic E-state index is 0.0662. The second-order valence-electron chi connectivity index (χ2n) is 6.62. The number of hydrogen-bond donors (Lipinski definition) is 2. The molecule has 0 radical (unpaired) electrons. The van der Waals surface area contributed by atoms with Gasteiger partial charge in [-0.1, -0.05) is 12.1 Å². The molecule has 1 amide bonds. The number of nitrogens with one attached hydrogen (secondary N) is 2. The van der Waals surface area contributed by atoms with Crippen molar-refractivity contribution in [2.24, 2.45) is 0 Å². The van der Waals surface area contributed by atoms with Crippen LogP contribution in [0.3, 0.4) is 0 Å². The molecule has 0 saturated carbocycles. The van der Waals surface area contributed by atoms with Crippen LogP contribution in [0.5, 0.6) is 0 Å². The van der Waals surface area contributed by atoms with E-state index in [1.807, 2.05) is 24.3 Å². The Labute approximate surface area is 151 Å². The lowest BCUT2D eigenvalue weighted by Gasteiger charge is -2.33. The molecule has 7 heteroatoms. The van der Waals surface area contributed by atoms with Gasteiger partial charge in [0.1, 0.15) is 11.6 Å². The van der Waals surface area contributed by atoms with Crippen LogP contribution < -0.4 is 10.2 Å². The summed E-state index contributed by atoms with van der Waals surface area (Å²) >= 11 is 0. The molecule has 1 saturated heterocycles. The quantitative estimate of drug-likeness (QED) is 0.736. The van der Waals surface area contributed by atoms with Crippen LogP contribution >= 0.6 is 0 Å². The van der Waals surface area contributed by atoms with Gasteiger partial charge in [0, 0.05) is 44.4 Å². The average molecular weight is 350 g/mol. The van der Waals surface area contributed by atoms with Crippen LogP contribution in [0.1, 0.15) is 25.1 Å². The second-order valence-corrected chi connectivity index (χ2v) is 6.62. The zero-order valence-corrected chi connectivity index (χ0v) is 14.6. The molecule has 2 aromatic heterocycles. The summed E-state index contributed by atoms with van der Waals surface area (Å²) in [4.78, 5) is 30.8. The number of carbonyl (C=O) groups excluding carboxylic acids is 1. The summed E-state index contributed by atoms with van der Waals surface area (Å²) in [6.07, 6.45) is 8.21. The first kappa shape index (κ1) is 16.5. The van der Waals surface area contributed by atoms with Gasteiger partial charge in [-0.25, -0.2) is 9.97 Å². The summed E-state index contributed by atoms with van der Waals surface area (Å²) in [7, 11) is 0. The van der Waals surface area contributed by atoms with Crippen LogP contribution in [0, 0.1) is 0 Å². The number of aromatic nitrogens is 4. The highest BCUT2D eigenvalue weighted by molar-refractivity contribution is 5.77. The van der Waals surface area contributed by atoms with E-state index in [2.05, 4.69) is 30.2 Å². The molecule has 3 aromatic rings. The van der Waals surface area contributed by atoms with Gasteiger partial charge in [-0.3, -0.25) is 9.78 Å². The largest absolute Gasteiger partial charge is 0.353 e. The number of nitrogens with zero attached hydrogens (tertiary/aromatic N) is 4. The van der Waals surface area contributed by atoms with Crippen LogP contribution in [0.4, 0.5) is 5.82 Å². The van der Waals surface area contributed by atoms with Crippen LogP contribution in [-0.2, 0) is 11.2 Å². The zero-order chi connectivity index (χ0) is 17.8. The van der Waals surface area contributed by atoms with Gasteiger partial charge < -0.3 is 15.2 Å². The predicted molar refractivity (Wildman–Crippen MR) is 99.8 cm³/mol. The molecule has 1 atom stereocenters. The number of anilines is 1. The van der Waals surface area contributed by atoms with E-state index in [1.54, 1.807) is 18.6 Å². The first-order valence-corrected chi connectivity index (χ1v) is 9.02. The van der Waals surface area contributed by atoms with E-state index >= 15 is 0 Å². The molecule has 26 heavy (non-hydrogen) atoms. The minimum absolute atomic E-state index is 0.0662. The molecule has 1 aliphatic heterocycles. The highest BCUT2D eigenvalue weighted by Gasteiger charge is 2.22. The number of amides is 1. The highest BCUT2D eigenvalue weighted by Crippen LogP contribution is 2.17. The summed E-state index contributed by atoms with van der Waals surface area (Å²) in [6.45, 7) is 1.72. The van der Waals surface area contributed by atoms with Crippen molar-refractivity contribution in [3.05, 3.63) is 48.7 Å². The number of carbonyl (C=O) groups is 1. The predicted octanol–water partition coefficient (Wildman–Crippen LogP) is 2.07. The Morgan fingerprint density at radius 3 is 3.08 bits per heavy atom. The summed E-state index contributed by atoms with van der Waals surface area (Å²) in [5, 5.41) is 3.15. The van der Waals surface area contributed by atoms with E-state index in [1.165, 1.54) is 0 Å². The van der Waals surface area contributed by atoms with Gasteiger partial charge in [0.05, 0.1) is 17.2 Å². The Kier molecular flexibility index (Phi) is 4.77. The van der Waals surface area contributed by atoms with Crippen molar-refractivity contribution in [3.8, 4) is 0 Å². The molecule has 4 rings (SSSR count). The van der Waals surface area contributed by atoms with Gasteiger partial charge in [0.2, 0.25) is 5.91 Å². The second kappa shape index (κ2) is 7.51. The van der Waals surface area contributed by atoms with E-state index in [0.29, 0.717) is 12.8 Å². The number of para-hydroxylation sites is 2. The van der Waals surface area contributed by atoms with Crippen molar-refractivity contribution in [1.82, 2.24) is 25.3 Å². The van der Waals surface area contributed by atoms with E-state index in [4.69, 9.17) is 0 Å². The standard InChI is InChI=1S/C19H22N6O/c26-19(8-7-17-23-15-5-1-2-6-16(15)24-17)22-14-4-3-11-25(13-14)18-12-20-9-10-21-18/h1-2,5-6,9-10,12,14H,3-4,7-8,11,13H2,(H,22,26)(H,23,24). The molecule has 134 valence electrons. The van der Waals surface area contributed by atoms with Crippen molar-refractivity contribution >= 4 is 22.8 Å². The number of rotatable bonds is 5. The summed E-state index contributed by atoms with van der Waals surface area (Å²) in [5.74, 6) is 1.79. The maximum atomic E-state index is 12.3. The smallest absolute Gasteiger partial charge is 0.220 e. The van der Waals surface area contributed by atoms with Gasteiger partial charge in [-0.15, -0.1) is 0 Å². The van der Waals surface area contributed by atoms with Gasteiger partial charge in [0.15, 0.2) is 0 Å². The minimum Gasteiger partial charge on any atom is -0.353 e. The highest BCUT2D eigenvalue weighted by atomic mass is 16.1. The van der Waals surface area contributed by atoms with Crippen molar-refractivity contribution < 1.29 is 4.79 Å². The third kappa shape index (κ3) is 3.82. The number of aromatic amines is 1. The fourth-order valence-corrected chi connectivity index (χ4v) is 3.41. The Hall–Kier alpha value is -2.96. The summed E-state index contributed by atoms with van der Waals surface area (Å²) < 4.78 is 0. The summed E-state index contributed by atoms with van der Waals surface area (Å²) in [5.41, 5.74) is 1.95. The van der Waals surface area contributed by atoms with Crippen molar-refractivity contribution in [1.29, 1.82) is 0 Å². The molecule has 0 spiro atoms. The molecular weight excluding hydrogens is 328 g/mol. The van der Waals surface area contributed by atoms with Crippen LogP contribution in [0.25, 0.3) is 11.0 Å². The van der Waals surface area contributed by atoms with E-state index in [9.17, 15) is 4.79 Å². The number of aryl methyl sites for hydroxylation is 1. The zero-order valence-electron chi connectivity index (χ0n) is 14.6. The number of hydrogen-bond acceptors (Lipinski definition) is 5. The Bertz CT molecular complexity index is 845. The number of imidazole rings is 1. The van der Waals surface area contributed by atoms with Gasteiger partial charge in [-0.05, 0) is 25.0 Å². The van der Waals surface area contributed by atoms with Gasteiger partial charge >= 0.3 is 0 Å². The molecular formula is C19H22N6O. The Morgan fingerprint density at radius 2 is 2.23 bits per heavy atom. The number of H-pyrrole nitrogens is 1. The molecule has 0 bridgehead atoms. The molecule has 1 unspecified atom stereocenters. The molecule has 0 aliphatic carbocycles. The number of piperidine rings is 1. The first-order chi connectivity index (χ1) is 12.8. The van der Waals surface area contributed by atoms with Gasteiger partial charge in [0.25, 0.3) is 0 Å². The van der Waals surface area contributed by atoms with Crippen molar-refractivity contribution in [3.63, 3.8) is 0 Å². The maximum Gasteiger partial charge on any atom is 0.220 e. The van der Waals surface area contributed by atoms with Crippen LogP contribution in [-0.4, -0.2) is 45.0 Å². The molecule has 3 heterocycles. The first-order valence-electron chi connectivity index (χ1n) is 9.02. The number of benzene rings is 1. The fraction of sp³-hybridized carbons (Fsp3) is 0.368. The van der Waals surface area contributed by atoms with E-state index in [0.717, 1.165) is 48.6 Å². The third-order valence-electron chi connectivity index (χ3n) is 4.69. The van der Waals surface area contributed by atoms with Crippen LogP contribution in [0.15, 0.2) is 42.9 Å². The molecule has 1 fully saturated rings. The Balaban J connectivity index is 1.30.